The van der Waals surface area contributed by atoms with Gasteiger partial charge in [-0.1, -0.05) is 49.9 Å². The molecule has 0 heterocycles. The van der Waals surface area contributed by atoms with E-state index >= 15 is 0 Å². The summed E-state index contributed by atoms with van der Waals surface area (Å²) in [6.07, 6.45) is 5.37. The summed E-state index contributed by atoms with van der Waals surface area (Å²) in [5, 5.41) is 9.41. The van der Waals surface area contributed by atoms with Crippen LogP contribution in [0.1, 0.15) is 49.1 Å². The maximum absolute atomic E-state index is 11.5. The molecule has 1 aliphatic rings. The van der Waals surface area contributed by atoms with Crippen LogP contribution in [0, 0.1) is 5.92 Å². The van der Waals surface area contributed by atoms with Crippen molar-refractivity contribution in [3.63, 3.8) is 0 Å². The highest BCUT2D eigenvalue weighted by Gasteiger charge is 2.26. The van der Waals surface area contributed by atoms with Gasteiger partial charge in [0.05, 0.1) is 11.7 Å². The van der Waals surface area contributed by atoms with Gasteiger partial charge in [0.1, 0.15) is 0 Å². The van der Waals surface area contributed by atoms with Crippen LogP contribution in [0.15, 0.2) is 24.3 Å². The van der Waals surface area contributed by atoms with Crippen LogP contribution in [-0.4, -0.2) is 19.8 Å². The molecule has 0 radical (unpaired) electrons. The number of aliphatic carboxylic acids is 1. The Hall–Kier alpha value is -1.20. The molecule has 1 unspecified atom stereocenters. The highest BCUT2D eigenvalue weighted by atomic mass is 32.2. The van der Waals surface area contributed by atoms with Crippen molar-refractivity contribution in [2.24, 2.45) is 5.92 Å². The summed E-state index contributed by atoms with van der Waals surface area (Å²) in [6, 6.07) is 7.04. The molecule has 0 amide bonds. The highest BCUT2D eigenvalue weighted by molar-refractivity contribution is 7.78. The molecule has 1 aromatic carbocycles. The minimum absolute atomic E-state index is 0.0840. The number of hydrogen-bond acceptors (Lipinski definition) is 2. The molecule has 0 aromatic heterocycles. The molecule has 5 heteroatoms. The van der Waals surface area contributed by atoms with E-state index in [9.17, 15) is 14.1 Å². The minimum Gasteiger partial charge on any atom is -0.481 e. The lowest BCUT2D eigenvalue weighted by Crippen LogP contribution is -2.15. The second-order valence-electron chi connectivity index (χ2n) is 5.48. The maximum Gasteiger partial charge on any atom is 0.310 e. The lowest BCUT2D eigenvalue weighted by atomic mass is 9.88. The first-order valence-electron chi connectivity index (χ1n) is 6.95. The Bertz CT molecular complexity index is 477. The van der Waals surface area contributed by atoms with Crippen molar-refractivity contribution in [2.75, 3.05) is 0 Å². The number of carboxylic acids is 1. The summed E-state index contributed by atoms with van der Waals surface area (Å²) >= 11 is -1.86. The number of benzene rings is 1. The summed E-state index contributed by atoms with van der Waals surface area (Å²) in [4.78, 5) is 11.5. The van der Waals surface area contributed by atoms with Crippen molar-refractivity contribution in [3.05, 3.63) is 35.4 Å². The average Bonchev–Trinajstić information content (AvgIpc) is 2.89. The fourth-order valence-electron chi connectivity index (χ4n) is 2.95. The van der Waals surface area contributed by atoms with Crippen LogP contribution < -0.4 is 0 Å². The van der Waals surface area contributed by atoms with Gasteiger partial charge in [-0.3, -0.25) is 4.79 Å². The molecular formula is C15H20O4S. The van der Waals surface area contributed by atoms with E-state index in [1.807, 2.05) is 0 Å². The van der Waals surface area contributed by atoms with E-state index in [1.54, 1.807) is 24.3 Å². The van der Waals surface area contributed by atoms with E-state index in [0.717, 1.165) is 24.0 Å². The van der Waals surface area contributed by atoms with Crippen molar-refractivity contribution < 1.29 is 18.7 Å². The molecule has 2 atom stereocenters. The average molecular weight is 296 g/mol. The first kappa shape index (κ1) is 15.2. The molecule has 0 bridgehead atoms. The van der Waals surface area contributed by atoms with Gasteiger partial charge in [-0.2, -0.15) is 0 Å². The van der Waals surface area contributed by atoms with E-state index in [1.165, 1.54) is 12.8 Å². The van der Waals surface area contributed by atoms with Crippen LogP contribution in [-0.2, 0) is 21.6 Å². The third-order valence-corrected chi connectivity index (χ3v) is 4.59. The van der Waals surface area contributed by atoms with Gasteiger partial charge in [0.25, 0.3) is 0 Å². The molecule has 4 nitrogen and oxygen atoms in total. The standard InChI is InChI=1S/C15H20O4S/c16-15(17)14(9-11-3-1-2-4-11)13-7-5-12(6-8-13)10-20(18)19/h5-8,11,14H,1-4,9-10H2,(H,16,17)(H,18,19)/t14-/m1/s1. The quantitative estimate of drug-likeness (QED) is 0.791. The van der Waals surface area contributed by atoms with Crippen LogP contribution in [0.4, 0.5) is 0 Å². The first-order valence-corrected chi connectivity index (χ1v) is 8.23. The van der Waals surface area contributed by atoms with E-state index in [2.05, 4.69) is 0 Å². The number of rotatable bonds is 6. The van der Waals surface area contributed by atoms with Crippen molar-refractivity contribution in [1.82, 2.24) is 0 Å². The molecule has 0 saturated heterocycles. The van der Waals surface area contributed by atoms with Crippen molar-refractivity contribution in [3.8, 4) is 0 Å². The summed E-state index contributed by atoms with van der Waals surface area (Å²) in [5.41, 5.74) is 1.54. The normalized spacial score (nSPS) is 18.9. The second kappa shape index (κ2) is 6.99. The predicted octanol–water partition coefficient (Wildman–Crippen LogP) is 3.16. The molecule has 1 fully saturated rings. The number of carbonyl (C=O) groups is 1. The Balaban J connectivity index is 2.08. The molecule has 0 spiro atoms. The zero-order valence-corrected chi connectivity index (χ0v) is 12.1. The van der Waals surface area contributed by atoms with Crippen LogP contribution in [0.2, 0.25) is 0 Å². The second-order valence-corrected chi connectivity index (χ2v) is 6.42. The van der Waals surface area contributed by atoms with Gasteiger partial charge >= 0.3 is 5.97 Å². The molecule has 2 N–H and O–H groups in total. The minimum atomic E-state index is -1.86. The van der Waals surface area contributed by atoms with Gasteiger partial charge in [-0.05, 0) is 23.5 Å². The Morgan fingerprint density at radius 1 is 1.25 bits per heavy atom. The van der Waals surface area contributed by atoms with Crippen LogP contribution in [0.3, 0.4) is 0 Å². The largest absolute Gasteiger partial charge is 0.481 e. The van der Waals surface area contributed by atoms with Crippen molar-refractivity contribution in [2.45, 2.75) is 43.8 Å². The third kappa shape index (κ3) is 4.15. The Morgan fingerprint density at radius 2 is 1.85 bits per heavy atom. The third-order valence-electron chi connectivity index (χ3n) is 4.01. The zero-order valence-electron chi connectivity index (χ0n) is 11.3. The van der Waals surface area contributed by atoms with E-state index in [4.69, 9.17) is 4.55 Å². The molecule has 1 saturated carbocycles. The molecule has 2 rings (SSSR count). The van der Waals surface area contributed by atoms with Gasteiger partial charge in [-0.25, -0.2) is 4.21 Å². The number of hydrogen-bond donors (Lipinski definition) is 2. The summed E-state index contributed by atoms with van der Waals surface area (Å²) < 4.78 is 19.6. The van der Waals surface area contributed by atoms with E-state index < -0.39 is 23.0 Å². The topological polar surface area (TPSA) is 74.6 Å². The zero-order chi connectivity index (χ0) is 14.5. The van der Waals surface area contributed by atoms with E-state index in [0.29, 0.717) is 12.3 Å². The smallest absolute Gasteiger partial charge is 0.310 e. The summed E-state index contributed by atoms with van der Waals surface area (Å²) in [5.74, 6) is -0.649. The Morgan fingerprint density at radius 3 is 2.35 bits per heavy atom. The molecule has 1 aliphatic carbocycles. The van der Waals surface area contributed by atoms with Crippen LogP contribution in [0.25, 0.3) is 0 Å². The SMILES string of the molecule is O=C(O)[C@H](CC1CCCC1)c1ccc(CS(=O)O)cc1. The van der Waals surface area contributed by atoms with E-state index in [-0.39, 0.29) is 5.75 Å². The predicted molar refractivity (Wildman–Crippen MR) is 77.9 cm³/mol. The fraction of sp³-hybridized carbons (Fsp3) is 0.533. The lowest BCUT2D eigenvalue weighted by molar-refractivity contribution is -0.139. The molecule has 1 aromatic rings. The molecule has 0 aliphatic heterocycles. The fourth-order valence-corrected chi connectivity index (χ4v) is 3.43. The number of carboxylic acid groups (broad SMARTS) is 1. The highest BCUT2D eigenvalue weighted by Crippen LogP contribution is 2.34. The lowest BCUT2D eigenvalue weighted by Gasteiger charge is -2.17. The van der Waals surface area contributed by atoms with Gasteiger partial charge in [0.15, 0.2) is 11.1 Å². The summed E-state index contributed by atoms with van der Waals surface area (Å²) in [6.45, 7) is 0. The molecular weight excluding hydrogens is 276 g/mol. The van der Waals surface area contributed by atoms with Gasteiger partial charge in [0.2, 0.25) is 0 Å². The molecule has 20 heavy (non-hydrogen) atoms. The Kier molecular flexibility index (Phi) is 5.31. The van der Waals surface area contributed by atoms with Crippen molar-refractivity contribution in [1.29, 1.82) is 0 Å². The Labute approximate surface area is 121 Å². The van der Waals surface area contributed by atoms with Crippen molar-refractivity contribution >= 4 is 17.0 Å². The maximum atomic E-state index is 11.5. The van der Waals surface area contributed by atoms with Gasteiger partial charge in [-0.15, -0.1) is 0 Å². The molecule has 110 valence electrons. The summed E-state index contributed by atoms with van der Waals surface area (Å²) in [7, 11) is 0. The van der Waals surface area contributed by atoms with Gasteiger partial charge < -0.3 is 9.66 Å². The monoisotopic (exact) mass is 296 g/mol. The van der Waals surface area contributed by atoms with Crippen LogP contribution in [0.5, 0.6) is 0 Å². The van der Waals surface area contributed by atoms with Crippen LogP contribution >= 0.6 is 0 Å². The first-order chi connectivity index (χ1) is 9.56. The van der Waals surface area contributed by atoms with Gasteiger partial charge in [0, 0.05) is 0 Å².